The molecule has 2 aromatic heterocycles. The Morgan fingerprint density at radius 1 is 1.05 bits per heavy atom. The molecule has 0 spiro atoms. The molecule has 204 valence electrons. The number of nitrogens with one attached hydrogen (secondary N) is 1. The van der Waals surface area contributed by atoms with E-state index in [-0.39, 0.29) is 28.1 Å². The van der Waals surface area contributed by atoms with Crippen LogP contribution in [0.2, 0.25) is 0 Å². The van der Waals surface area contributed by atoms with Crippen molar-refractivity contribution < 1.29 is 26.3 Å². The highest BCUT2D eigenvalue weighted by molar-refractivity contribution is 7.92. The molecule has 1 N–H and O–H groups in total. The maximum absolute atomic E-state index is 13.1. The molecule has 0 saturated carbocycles. The number of aromatic nitrogens is 3. The predicted molar refractivity (Wildman–Crippen MR) is 136 cm³/mol. The average Bonchev–Trinajstić information content (AvgIpc) is 2.86. The molecule has 0 aliphatic carbocycles. The van der Waals surface area contributed by atoms with Crippen molar-refractivity contribution in [3.8, 4) is 5.88 Å². The zero-order valence-electron chi connectivity index (χ0n) is 21.6. The second-order valence-corrected chi connectivity index (χ2v) is 12.0. The second kappa shape index (κ2) is 10.5. The first-order chi connectivity index (χ1) is 17.7. The van der Waals surface area contributed by atoms with Gasteiger partial charge in [0.05, 0.1) is 10.6 Å². The van der Waals surface area contributed by atoms with E-state index in [0.717, 1.165) is 35.3 Å². The third kappa shape index (κ3) is 6.79. The maximum atomic E-state index is 13.1. The Morgan fingerprint density at radius 3 is 2.42 bits per heavy atom. The standard InChI is InChI=1S/C26H30F3N5O3S/c1-17(19-6-10-24(30-14-19)37-16-26(27,28)29)34-12-11-18-5-7-21(13-20(18)15-34)38(35,36)33-23-9-8-22(31-32-23)25(2,3)4/h5-10,13-14,17H,11-12,15-16H2,1-4H3,(H,32,33)/t17-/m1/s1. The van der Waals surface area contributed by atoms with Gasteiger partial charge in [0, 0.05) is 36.8 Å². The van der Waals surface area contributed by atoms with Crippen molar-refractivity contribution in [2.24, 2.45) is 0 Å². The number of sulfonamides is 1. The maximum Gasteiger partial charge on any atom is 0.422 e. The molecule has 1 aliphatic heterocycles. The summed E-state index contributed by atoms with van der Waals surface area (Å²) < 4.78 is 70.4. The van der Waals surface area contributed by atoms with E-state index in [0.29, 0.717) is 6.54 Å². The van der Waals surface area contributed by atoms with Crippen LogP contribution in [-0.2, 0) is 28.4 Å². The minimum atomic E-state index is -4.43. The number of pyridine rings is 1. The highest BCUT2D eigenvalue weighted by Crippen LogP contribution is 2.30. The van der Waals surface area contributed by atoms with Gasteiger partial charge in [-0.3, -0.25) is 9.62 Å². The smallest absolute Gasteiger partial charge is 0.422 e. The largest absolute Gasteiger partial charge is 0.468 e. The zero-order valence-corrected chi connectivity index (χ0v) is 22.4. The molecule has 0 amide bonds. The van der Waals surface area contributed by atoms with Crippen molar-refractivity contribution in [3.63, 3.8) is 0 Å². The summed E-state index contributed by atoms with van der Waals surface area (Å²) in [6, 6.07) is 11.4. The van der Waals surface area contributed by atoms with Gasteiger partial charge >= 0.3 is 6.18 Å². The van der Waals surface area contributed by atoms with Crippen LogP contribution >= 0.6 is 0 Å². The first-order valence-corrected chi connectivity index (χ1v) is 13.6. The summed E-state index contributed by atoms with van der Waals surface area (Å²) >= 11 is 0. The number of rotatable bonds is 7. The minimum absolute atomic E-state index is 0.0950. The van der Waals surface area contributed by atoms with Crippen LogP contribution in [0.15, 0.2) is 53.6 Å². The summed E-state index contributed by atoms with van der Waals surface area (Å²) in [7, 11) is -3.88. The van der Waals surface area contributed by atoms with Crippen LogP contribution in [0.1, 0.15) is 56.1 Å². The van der Waals surface area contributed by atoms with Crippen LogP contribution in [0.25, 0.3) is 0 Å². The Hall–Kier alpha value is -3.25. The Kier molecular flexibility index (Phi) is 7.67. The van der Waals surface area contributed by atoms with Crippen LogP contribution in [0.5, 0.6) is 5.88 Å². The van der Waals surface area contributed by atoms with Crippen LogP contribution in [0.4, 0.5) is 19.0 Å². The summed E-state index contributed by atoms with van der Waals surface area (Å²) in [4.78, 5) is 6.29. The number of hydrogen-bond donors (Lipinski definition) is 1. The van der Waals surface area contributed by atoms with Gasteiger partial charge in [-0.2, -0.15) is 18.3 Å². The van der Waals surface area contributed by atoms with Crippen molar-refractivity contribution in [3.05, 3.63) is 71.0 Å². The predicted octanol–water partition coefficient (Wildman–Crippen LogP) is 5.03. The molecule has 0 bridgehead atoms. The molecule has 1 atom stereocenters. The fraction of sp³-hybridized carbons (Fsp3) is 0.423. The van der Waals surface area contributed by atoms with Crippen molar-refractivity contribution in [2.75, 3.05) is 17.9 Å². The van der Waals surface area contributed by atoms with E-state index < -0.39 is 22.8 Å². The first-order valence-electron chi connectivity index (χ1n) is 12.1. The monoisotopic (exact) mass is 549 g/mol. The van der Waals surface area contributed by atoms with Gasteiger partial charge in [0.25, 0.3) is 10.0 Å². The molecular formula is C26H30F3N5O3S. The third-order valence-electron chi connectivity index (χ3n) is 6.37. The average molecular weight is 550 g/mol. The molecule has 3 aromatic rings. The van der Waals surface area contributed by atoms with Gasteiger partial charge in [0.15, 0.2) is 12.4 Å². The van der Waals surface area contributed by atoms with Gasteiger partial charge in [-0.15, -0.1) is 5.10 Å². The number of anilines is 1. The van der Waals surface area contributed by atoms with E-state index in [1.165, 1.54) is 12.3 Å². The van der Waals surface area contributed by atoms with Crippen LogP contribution < -0.4 is 9.46 Å². The summed E-state index contributed by atoms with van der Waals surface area (Å²) in [5.41, 5.74) is 3.32. The van der Waals surface area contributed by atoms with Crippen LogP contribution in [0.3, 0.4) is 0 Å². The molecule has 3 heterocycles. The number of nitrogens with zero attached hydrogens (tertiary/aromatic N) is 4. The van der Waals surface area contributed by atoms with Crippen molar-refractivity contribution in [2.45, 2.75) is 63.2 Å². The molecule has 0 saturated heterocycles. The molecule has 8 nitrogen and oxygen atoms in total. The molecule has 1 aromatic carbocycles. The number of alkyl halides is 3. The second-order valence-electron chi connectivity index (χ2n) is 10.3. The Bertz CT molecular complexity index is 1370. The number of halogens is 3. The summed E-state index contributed by atoms with van der Waals surface area (Å²) in [6.07, 6.45) is -2.20. The van der Waals surface area contributed by atoms with E-state index in [1.807, 2.05) is 33.8 Å². The fourth-order valence-corrected chi connectivity index (χ4v) is 5.17. The lowest BCUT2D eigenvalue weighted by atomic mass is 9.92. The molecule has 0 unspecified atom stereocenters. The Morgan fingerprint density at radius 2 is 1.82 bits per heavy atom. The van der Waals surface area contributed by atoms with Gasteiger partial charge in [-0.25, -0.2) is 13.4 Å². The number of hydrogen-bond acceptors (Lipinski definition) is 7. The van der Waals surface area contributed by atoms with Gasteiger partial charge < -0.3 is 4.74 Å². The lowest BCUT2D eigenvalue weighted by Crippen LogP contribution is -2.33. The van der Waals surface area contributed by atoms with Gasteiger partial charge in [-0.1, -0.05) is 32.9 Å². The first kappa shape index (κ1) is 27.8. The SMILES string of the molecule is C[C@H](c1ccc(OCC(F)(F)F)nc1)N1CCc2ccc(S(=O)(=O)Nc3ccc(C(C)(C)C)nn3)cc2C1. The Balaban J connectivity index is 1.45. The molecule has 0 radical (unpaired) electrons. The molecule has 0 fully saturated rings. The molecule has 38 heavy (non-hydrogen) atoms. The number of benzene rings is 1. The van der Waals surface area contributed by atoms with Crippen molar-refractivity contribution in [1.29, 1.82) is 0 Å². The van der Waals surface area contributed by atoms with E-state index in [4.69, 9.17) is 0 Å². The lowest BCUT2D eigenvalue weighted by molar-refractivity contribution is -0.154. The molecule has 4 rings (SSSR count). The van der Waals surface area contributed by atoms with Crippen molar-refractivity contribution >= 4 is 15.8 Å². The van der Waals surface area contributed by atoms with E-state index in [2.05, 4.69) is 29.5 Å². The van der Waals surface area contributed by atoms with Crippen molar-refractivity contribution in [1.82, 2.24) is 20.1 Å². The minimum Gasteiger partial charge on any atom is -0.468 e. The highest BCUT2D eigenvalue weighted by Gasteiger charge is 2.29. The summed E-state index contributed by atoms with van der Waals surface area (Å²) in [5, 5.41) is 8.16. The lowest BCUT2D eigenvalue weighted by Gasteiger charge is -2.34. The molecule has 12 heteroatoms. The van der Waals surface area contributed by atoms with Gasteiger partial charge in [-0.05, 0) is 54.3 Å². The molecule has 1 aliphatic rings. The summed E-state index contributed by atoms with van der Waals surface area (Å²) in [5.74, 6) is 0.0449. The normalized spacial score (nSPS) is 15.6. The van der Waals surface area contributed by atoms with E-state index >= 15 is 0 Å². The number of ether oxygens (including phenoxy) is 1. The topological polar surface area (TPSA) is 97.3 Å². The van der Waals surface area contributed by atoms with E-state index in [9.17, 15) is 21.6 Å². The quantitative estimate of drug-likeness (QED) is 0.442. The highest BCUT2D eigenvalue weighted by atomic mass is 32.2. The van der Waals surface area contributed by atoms with Crippen LogP contribution in [-0.4, -0.2) is 47.8 Å². The third-order valence-corrected chi connectivity index (χ3v) is 7.73. The molecular weight excluding hydrogens is 519 g/mol. The zero-order chi connectivity index (χ0) is 27.7. The number of fused-ring (bicyclic) bond motifs is 1. The van der Waals surface area contributed by atoms with Crippen LogP contribution in [0, 0.1) is 0 Å². The van der Waals surface area contributed by atoms with Gasteiger partial charge in [0.2, 0.25) is 5.88 Å². The van der Waals surface area contributed by atoms with E-state index in [1.54, 1.807) is 30.3 Å². The van der Waals surface area contributed by atoms with Gasteiger partial charge in [0.1, 0.15) is 0 Å². The summed E-state index contributed by atoms with van der Waals surface area (Å²) in [6.45, 7) is 7.81. The Labute approximate surface area is 220 Å². The fourth-order valence-electron chi connectivity index (χ4n) is 4.13.